The van der Waals surface area contributed by atoms with E-state index in [2.05, 4.69) is 31.1 Å². The second kappa shape index (κ2) is 6.53. The van der Waals surface area contributed by atoms with E-state index in [1.807, 2.05) is 6.92 Å². The summed E-state index contributed by atoms with van der Waals surface area (Å²) < 4.78 is 0. The Labute approximate surface area is 111 Å². The summed E-state index contributed by atoms with van der Waals surface area (Å²) in [6.07, 6.45) is 4.98. The van der Waals surface area contributed by atoms with Crippen molar-refractivity contribution in [2.24, 2.45) is 11.1 Å². The molecular formula is C14H29N3O. The molecule has 0 aromatic carbocycles. The molecule has 0 spiro atoms. The van der Waals surface area contributed by atoms with Gasteiger partial charge in [0.2, 0.25) is 5.91 Å². The van der Waals surface area contributed by atoms with E-state index in [0.717, 1.165) is 6.54 Å². The van der Waals surface area contributed by atoms with Crippen molar-refractivity contribution in [3.63, 3.8) is 0 Å². The second-order valence-corrected chi connectivity index (χ2v) is 6.35. The SMILES string of the molecule is CCNC(CN(C)C1CCC(C)(C)CC1)C(N)=O. The fraction of sp³-hybridized carbons (Fsp3) is 0.929. The third-order valence-corrected chi connectivity index (χ3v) is 4.20. The van der Waals surface area contributed by atoms with Gasteiger partial charge in [-0.25, -0.2) is 0 Å². The largest absolute Gasteiger partial charge is 0.368 e. The number of hydrogen-bond acceptors (Lipinski definition) is 3. The minimum Gasteiger partial charge on any atom is -0.368 e. The van der Waals surface area contributed by atoms with Crippen LogP contribution in [0.5, 0.6) is 0 Å². The zero-order valence-electron chi connectivity index (χ0n) is 12.3. The number of nitrogens with two attached hydrogens (primary N) is 1. The lowest BCUT2D eigenvalue weighted by Gasteiger charge is -2.39. The number of hydrogen-bond donors (Lipinski definition) is 2. The monoisotopic (exact) mass is 255 g/mol. The lowest BCUT2D eigenvalue weighted by Crippen LogP contribution is -2.51. The summed E-state index contributed by atoms with van der Waals surface area (Å²) in [4.78, 5) is 13.6. The first-order chi connectivity index (χ1) is 8.35. The topological polar surface area (TPSA) is 58.4 Å². The normalized spacial score (nSPS) is 22.1. The summed E-state index contributed by atoms with van der Waals surface area (Å²) in [6, 6.07) is 0.369. The van der Waals surface area contributed by atoms with E-state index in [1.165, 1.54) is 25.7 Å². The first-order valence-corrected chi connectivity index (χ1v) is 7.08. The molecule has 0 aromatic heterocycles. The molecule has 1 atom stereocenters. The molecule has 18 heavy (non-hydrogen) atoms. The standard InChI is InChI=1S/C14H29N3O/c1-5-16-12(13(15)18)10-17(4)11-6-8-14(2,3)9-7-11/h11-12,16H,5-10H2,1-4H3,(H2,15,18). The van der Waals surface area contributed by atoms with Gasteiger partial charge in [0, 0.05) is 12.6 Å². The van der Waals surface area contributed by atoms with Gasteiger partial charge in [-0.1, -0.05) is 20.8 Å². The van der Waals surface area contributed by atoms with Crippen molar-refractivity contribution < 1.29 is 4.79 Å². The van der Waals surface area contributed by atoms with Crippen LogP contribution in [-0.4, -0.2) is 43.0 Å². The van der Waals surface area contributed by atoms with E-state index in [0.29, 0.717) is 18.0 Å². The molecule has 0 bridgehead atoms. The summed E-state index contributed by atoms with van der Waals surface area (Å²) in [5.74, 6) is -0.250. The van der Waals surface area contributed by atoms with Crippen LogP contribution in [0.3, 0.4) is 0 Å². The molecule has 4 nitrogen and oxygen atoms in total. The number of carbonyl (C=O) groups excluding carboxylic acids is 1. The molecule has 0 saturated heterocycles. The molecule has 106 valence electrons. The molecule has 1 amide bonds. The van der Waals surface area contributed by atoms with Gasteiger partial charge in [0.05, 0.1) is 6.04 Å². The van der Waals surface area contributed by atoms with Gasteiger partial charge in [0.25, 0.3) is 0 Å². The Kier molecular flexibility index (Phi) is 5.60. The summed E-state index contributed by atoms with van der Waals surface area (Å²) in [5, 5.41) is 3.15. The number of nitrogens with one attached hydrogen (secondary N) is 1. The maximum Gasteiger partial charge on any atom is 0.235 e. The Bertz CT molecular complexity index is 268. The van der Waals surface area contributed by atoms with Crippen molar-refractivity contribution in [3.05, 3.63) is 0 Å². The van der Waals surface area contributed by atoms with Crippen LogP contribution in [0.4, 0.5) is 0 Å². The number of amides is 1. The number of nitrogens with zero attached hydrogens (tertiary/aromatic N) is 1. The van der Waals surface area contributed by atoms with Crippen LogP contribution in [0, 0.1) is 5.41 Å². The molecule has 0 radical (unpaired) electrons. The number of carbonyl (C=O) groups is 1. The molecule has 1 aliphatic rings. The average Bonchev–Trinajstić information content (AvgIpc) is 2.28. The lowest BCUT2D eigenvalue weighted by molar-refractivity contribution is -0.120. The van der Waals surface area contributed by atoms with Crippen LogP contribution >= 0.6 is 0 Å². The highest BCUT2D eigenvalue weighted by molar-refractivity contribution is 5.80. The van der Waals surface area contributed by atoms with E-state index in [4.69, 9.17) is 5.73 Å². The van der Waals surface area contributed by atoms with Crippen LogP contribution in [0.15, 0.2) is 0 Å². The van der Waals surface area contributed by atoms with Crippen LogP contribution in [-0.2, 0) is 4.79 Å². The molecule has 0 heterocycles. The molecule has 0 aliphatic heterocycles. The highest BCUT2D eigenvalue weighted by Gasteiger charge is 2.30. The third-order valence-electron chi connectivity index (χ3n) is 4.20. The molecular weight excluding hydrogens is 226 g/mol. The summed E-state index contributed by atoms with van der Waals surface area (Å²) in [5.41, 5.74) is 5.90. The molecule has 1 saturated carbocycles. The van der Waals surface area contributed by atoms with Gasteiger partial charge in [0.1, 0.15) is 0 Å². The minimum absolute atomic E-state index is 0.227. The quantitative estimate of drug-likeness (QED) is 0.753. The first kappa shape index (κ1) is 15.4. The maximum atomic E-state index is 11.3. The van der Waals surface area contributed by atoms with Crippen molar-refractivity contribution >= 4 is 5.91 Å². The van der Waals surface area contributed by atoms with Crippen molar-refractivity contribution in [3.8, 4) is 0 Å². The second-order valence-electron chi connectivity index (χ2n) is 6.35. The zero-order chi connectivity index (χ0) is 13.8. The lowest BCUT2D eigenvalue weighted by atomic mass is 9.75. The Hall–Kier alpha value is -0.610. The summed E-state index contributed by atoms with van der Waals surface area (Å²) in [7, 11) is 2.11. The van der Waals surface area contributed by atoms with Crippen LogP contribution in [0.2, 0.25) is 0 Å². The smallest absolute Gasteiger partial charge is 0.235 e. The molecule has 0 aromatic rings. The maximum absolute atomic E-state index is 11.3. The van der Waals surface area contributed by atoms with Crippen molar-refractivity contribution in [2.45, 2.75) is 58.5 Å². The molecule has 1 unspecified atom stereocenters. The Morgan fingerprint density at radius 3 is 2.44 bits per heavy atom. The molecule has 3 N–H and O–H groups in total. The van der Waals surface area contributed by atoms with Crippen LogP contribution in [0.25, 0.3) is 0 Å². The Morgan fingerprint density at radius 1 is 1.44 bits per heavy atom. The molecule has 1 aliphatic carbocycles. The van der Waals surface area contributed by atoms with Gasteiger partial charge >= 0.3 is 0 Å². The fourth-order valence-electron chi connectivity index (χ4n) is 2.76. The van der Waals surface area contributed by atoms with Gasteiger partial charge in [0.15, 0.2) is 0 Å². The van der Waals surface area contributed by atoms with E-state index < -0.39 is 0 Å². The Morgan fingerprint density at radius 2 is 2.00 bits per heavy atom. The zero-order valence-corrected chi connectivity index (χ0v) is 12.3. The predicted molar refractivity (Wildman–Crippen MR) is 75.3 cm³/mol. The molecule has 4 heteroatoms. The van der Waals surface area contributed by atoms with E-state index in [-0.39, 0.29) is 11.9 Å². The predicted octanol–water partition coefficient (Wildman–Crippen LogP) is 1.35. The van der Waals surface area contributed by atoms with Gasteiger partial charge in [-0.05, 0) is 44.7 Å². The third kappa shape index (κ3) is 4.58. The first-order valence-electron chi connectivity index (χ1n) is 7.08. The van der Waals surface area contributed by atoms with E-state index >= 15 is 0 Å². The molecule has 1 rings (SSSR count). The van der Waals surface area contributed by atoms with E-state index in [9.17, 15) is 4.79 Å². The number of likely N-dealkylation sites (N-methyl/N-ethyl adjacent to an activating group) is 2. The summed E-state index contributed by atoms with van der Waals surface area (Å²) >= 11 is 0. The summed E-state index contributed by atoms with van der Waals surface area (Å²) in [6.45, 7) is 8.18. The van der Waals surface area contributed by atoms with Gasteiger partial charge in [-0.3, -0.25) is 4.79 Å². The average molecular weight is 255 g/mol. The highest BCUT2D eigenvalue weighted by atomic mass is 16.1. The number of primary amides is 1. The van der Waals surface area contributed by atoms with Crippen molar-refractivity contribution in [1.82, 2.24) is 10.2 Å². The van der Waals surface area contributed by atoms with Crippen molar-refractivity contribution in [2.75, 3.05) is 20.1 Å². The van der Waals surface area contributed by atoms with Crippen LogP contribution in [0.1, 0.15) is 46.5 Å². The van der Waals surface area contributed by atoms with Gasteiger partial charge in [-0.2, -0.15) is 0 Å². The number of rotatable bonds is 6. The molecule has 1 fully saturated rings. The van der Waals surface area contributed by atoms with Crippen molar-refractivity contribution in [1.29, 1.82) is 0 Å². The minimum atomic E-state index is -0.250. The Balaban J connectivity index is 2.44. The highest BCUT2D eigenvalue weighted by Crippen LogP contribution is 2.36. The van der Waals surface area contributed by atoms with Gasteiger partial charge < -0.3 is 16.0 Å². The van der Waals surface area contributed by atoms with Crippen LogP contribution < -0.4 is 11.1 Å². The van der Waals surface area contributed by atoms with Gasteiger partial charge in [-0.15, -0.1) is 0 Å². The van der Waals surface area contributed by atoms with E-state index in [1.54, 1.807) is 0 Å². The fourth-order valence-corrected chi connectivity index (χ4v) is 2.76.